The van der Waals surface area contributed by atoms with Gasteiger partial charge in [-0.05, 0) is 51.3 Å². The number of carbonyl (C=O) groups excluding carboxylic acids is 2. The molecule has 1 fully saturated rings. The summed E-state index contributed by atoms with van der Waals surface area (Å²) in [5, 5.41) is 5.32. The minimum absolute atomic E-state index is 0.0383. The summed E-state index contributed by atoms with van der Waals surface area (Å²) in [6.07, 6.45) is 4.16. The van der Waals surface area contributed by atoms with Crippen LogP contribution in [0.2, 0.25) is 0 Å². The molecule has 1 aromatic rings. The zero-order valence-corrected chi connectivity index (χ0v) is 13.6. The van der Waals surface area contributed by atoms with Gasteiger partial charge in [-0.1, -0.05) is 6.92 Å². The average Bonchev–Trinajstić information content (AvgIpc) is 2.95. The summed E-state index contributed by atoms with van der Waals surface area (Å²) in [6, 6.07) is 3.82. The second-order valence-electron chi connectivity index (χ2n) is 6.91. The van der Waals surface area contributed by atoms with Crippen molar-refractivity contribution in [3.05, 3.63) is 29.7 Å². The molecule has 0 unspecified atom stereocenters. The topological polar surface area (TPSA) is 71.3 Å². The largest absolute Gasteiger partial charge is 0.461 e. The van der Waals surface area contributed by atoms with E-state index in [9.17, 15) is 9.59 Å². The van der Waals surface area contributed by atoms with Crippen molar-refractivity contribution in [2.24, 2.45) is 5.92 Å². The Morgan fingerprint density at radius 2 is 2.05 bits per heavy atom. The molecule has 1 aromatic heterocycles. The van der Waals surface area contributed by atoms with E-state index in [0.717, 1.165) is 5.76 Å². The maximum Gasteiger partial charge on any atom is 0.244 e. The number of furan rings is 1. The maximum absolute atomic E-state index is 11.7. The van der Waals surface area contributed by atoms with Crippen molar-refractivity contribution in [1.82, 2.24) is 10.6 Å². The zero-order valence-electron chi connectivity index (χ0n) is 13.6. The molecule has 0 saturated heterocycles. The van der Waals surface area contributed by atoms with Crippen LogP contribution in [0, 0.1) is 5.92 Å². The molecule has 0 aliphatic heterocycles. The minimum atomic E-state index is -0.318. The standard InChI is InChI=1S/C17H24N2O3/c1-11-9-13(11)14-7-5-12(22-14)6-8-15(20)18-10-16(21)19-17(2,3)4/h5-8,11,13H,9-10H2,1-4H3,(H,18,20)(H,19,21)/b8-6+/t11-,13-/m1/s1. The van der Waals surface area contributed by atoms with Crippen LogP contribution in [0.5, 0.6) is 0 Å². The van der Waals surface area contributed by atoms with E-state index in [2.05, 4.69) is 17.6 Å². The van der Waals surface area contributed by atoms with Gasteiger partial charge in [-0.3, -0.25) is 9.59 Å². The fraction of sp³-hybridized carbons (Fsp3) is 0.529. The van der Waals surface area contributed by atoms with E-state index in [1.54, 1.807) is 6.08 Å². The van der Waals surface area contributed by atoms with Gasteiger partial charge in [-0.2, -0.15) is 0 Å². The molecule has 120 valence electrons. The Balaban J connectivity index is 1.77. The molecule has 1 aliphatic carbocycles. The quantitative estimate of drug-likeness (QED) is 0.821. The van der Waals surface area contributed by atoms with Crippen molar-refractivity contribution in [3.8, 4) is 0 Å². The van der Waals surface area contributed by atoms with Crippen LogP contribution in [0.25, 0.3) is 6.08 Å². The Morgan fingerprint density at radius 1 is 1.36 bits per heavy atom. The highest BCUT2D eigenvalue weighted by molar-refractivity contribution is 5.94. The lowest BCUT2D eigenvalue weighted by atomic mass is 10.1. The molecule has 1 aliphatic rings. The number of carbonyl (C=O) groups is 2. The van der Waals surface area contributed by atoms with Gasteiger partial charge in [0.25, 0.3) is 0 Å². The van der Waals surface area contributed by atoms with Crippen molar-refractivity contribution in [1.29, 1.82) is 0 Å². The van der Waals surface area contributed by atoms with E-state index in [1.165, 1.54) is 12.5 Å². The summed E-state index contributed by atoms with van der Waals surface area (Å²) in [4.78, 5) is 23.3. The Kier molecular flexibility index (Phi) is 4.74. The highest BCUT2D eigenvalue weighted by Gasteiger charge is 2.36. The van der Waals surface area contributed by atoms with Crippen molar-refractivity contribution in [3.63, 3.8) is 0 Å². The van der Waals surface area contributed by atoms with Gasteiger partial charge in [-0.25, -0.2) is 0 Å². The molecule has 0 bridgehead atoms. The van der Waals surface area contributed by atoms with Gasteiger partial charge in [-0.15, -0.1) is 0 Å². The molecular weight excluding hydrogens is 280 g/mol. The van der Waals surface area contributed by atoms with Crippen LogP contribution in [0.15, 0.2) is 22.6 Å². The van der Waals surface area contributed by atoms with E-state index in [1.807, 2.05) is 32.9 Å². The van der Waals surface area contributed by atoms with Gasteiger partial charge in [0.05, 0.1) is 6.54 Å². The van der Waals surface area contributed by atoms with Crippen LogP contribution in [0.1, 0.15) is 51.6 Å². The summed E-state index contributed by atoms with van der Waals surface area (Å²) in [5.74, 6) is 2.32. The van der Waals surface area contributed by atoms with Gasteiger partial charge in [0, 0.05) is 17.5 Å². The molecule has 1 heterocycles. The summed E-state index contributed by atoms with van der Waals surface area (Å²) in [7, 11) is 0. The van der Waals surface area contributed by atoms with Gasteiger partial charge >= 0.3 is 0 Å². The Bertz CT molecular complexity index is 581. The predicted octanol–water partition coefficient (Wildman–Crippen LogP) is 2.45. The number of amides is 2. The molecule has 0 aromatic carbocycles. The van der Waals surface area contributed by atoms with Crippen LogP contribution in [0.3, 0.4) is 0 Å². The third-order valence-electron chi connectivity index (χ3n) is 3.46. The maximum atomic E-state index is 11.7. The van der Waals surface area contributed by atoms with Crippen LogP contribution in [-0.2, 0) is 9.59 Å². The molecule has 2 amide bonds. The van der Waals surface area contributed by atoms with Gasteiger partial charge in [0.15, 0.2) is 0 Å². The van der Waals surface area contributed by atoms with Crippen LogP contribution >= 0.6 is 0 Å². The van der Waals surface area contributed by atoms with E-state index in [-0.39, 0.29) is 23.9 Å². The lowest BCUT2D eigenvalue weighted by molar-refractivity contribution is -0.124. The first-order valence-electron chi connectivity index (χ1n) is 7.61. The molecule has 0 radical (unpaired) electrons. The van der Waals surface area contributed by atoms with E-state index in [4.69, 9.17) is 4.42 Å². The van der Waals surface area contributed by atoms with Crippen molar-refractivity contribution >= 4 is 17.9 Å². The van der Waals surface area contributed by atoms with Gasteiger partial charge in [0.2, 0.25) is 11.8 Å². The monoisotopic (exact) mass is 304 g/mol. The van der Waals surface area contributed by atoms with E-state index >= 15 is 0 Å². The van der Waals surface area contributed by atoms with Crippen molar-refractivity contribution < 1.29 is 14.0 Å². The van der Waals surface area contributed by atoms with Crippen LogP contribution in [0.4, 0.5) is 0 Å². The lowest BCUT2D eigenvalue weighted by Crippen LogP contribution is -2.45. The number of rotatable bonds is 5. The lowest BCUT2D eigenvalue weighted by Gasteiger charge is -2.20. The second-order valence-corrected chi connectivity index (χ2v) is 6.91. The van der Waals surface area contributed by atoms with Gasteiger partial charge < -0.3 is 15.1 Å². The fourth-order valence-corrected chi connectivity index (χ4v) is 2.22. The normalized spacial score (nSPS) is 20.9. The number of nitrogens with one attached hydrogen (secondary N) is 2. The highest BCUT2D eigenvalue weighted by Crippen LogP contribution is 2.47. The summed E-state index contributed by atoms with van der Waals surface area (Å²) in [6.45, 7) is 7.83. The first kappa shape index (κ1) is 16.3. The highest BCUT2D eigenvalue weighted by atomic mass is 16.3. The van der Waals surface area contributed by atoms with Gasteiger partial charge in [0.1, 0.15) is 11.5 Å². The zero-order chi connectivity index (χ0) is 16.3. The van der Waals surface area contributed by atoms with Crippen molar-refractivity contribution in [2.75, 3.05) is 6.54 Å². The molecule has 2 rings (SSSR count). The number of hydrogen-bond acceptors (Lipinski definition) is 3. The molecule has 2 N–H and O–H groups in total. The van der Waals surface area contributed by atoms with E-state index in [0.29, 0.717) is 17.6 Å². The molecule has 0 spiro atoms. The fourth-order valence-electron chi connectivity index (χ4n) is 2.22. The second kappa shape index (κ2) is 6.38. The van der Waals surface area contributed by atoms with Crippen LogP contribution < -0.4 is 10.6 Å². The third kappa shape index (κ3) is 5.06. The minimum Gasteiger partial charge on any atom is -0.461 e. The summed E-state index contributed by atoms with van der Waals surface area (Å²) < 4.78 is 5.67. The summed E-state index contributed by atoms with van der Waals surface area (Å²) in [5.41, 5.74) is -0.303. The molecule has 22 heavy (non-hydrogen) atoms. The Hall–Kier alpha value is -2.04. The van der Waals surface area contributed by atoms with E-state index < -0.39 is 0 Å². The van der Waals surface area contributed by atoms with Crippen LogP contribution in [-0.4, -0.2) is 23.9 Å². The van der Waals surface area contributed by atoms with Crippen molar-refractivity contribution in [2.45, 2.75) is 45.6 Å². The molecule has 5 heteroatoms. The molecular formula is C17H24N2O3. The number of hydrogen-bond donors (Lipinski definition) is 2. The first-order chi connectivity index (χ1) is 10.2. The third-order valence-corrected chi connectivity index (χ3v) is 3.46. The smallest absolute Gasteiger partial charge is 0.244 e. The Morgan fingerprint density at radius 3 is 2.64 bits per heavy atom. The molecule has 1 saturated carbocycles. The molecule has 2 atom stereocenters. The Labute approximate surface area is 131 Å². The summed E-state index contributed by atoms with van der Waals surface area (Å²) >= 11 is 0. The molecule has 5 nitrogen and oxygen atoms in total. The predicted molar refractivity (Wildman–Crippen MR) is 85.2 cm³/mol. The average molecular weight is 304 g/mol. The first-order valence-corrected chi connectivity index (χ1v) is 7.61. The SMILES string of the molecule is C[C@@H]1C[C@H]1c1ccc(/C=C/C(=O)NCC(=O)NC(C)(C)C)o1.